The number of benzene rings is 1. The van der Waals surface area contributed by atoms with E-state index in [0.717, 1.165) is 12.3 Å². The number of anilines is 2. The first kappa shape index (κ1) is 19.4. The van der Waals surface area contributed by atoms with Crippen LogP contribution in [-0.4, -0.2) is 42.9 Å². The average molecular weight is 399 g/mol. The molecule has 2 amide bonds. The van der Waals surface area contributed by atoms with E-state index in [-0.39, 0.29) is 24.4 Å². The van der Waals surface area contributed by atoms with Gasteiger partial charge >= 0.3 is 12.3 Å². The minimum atomic E-state index is -4.62. The smallest absolute Gasteiger partial charge is 0.422 e. The molecule has 148 valence electrons. The second-order valence-corrected chi connectivity index (χ2v) is 5.64. The molecule has 0 spiro atoms. The van der Waals surface area contributed by atoms with Crippen LogP contribution in [0.4, 0.5) is 33.7 Å². The summed E-state index contributed by atoms with van der Waals surface area (Å²) in [7, 11) is 0. The molecule has 0 aliphatic carbocycles. The number of amides is 2. The van der Waals surface area contributed by atoms with Crippen molar-refractivity contribution in [2.24, 2.45) is 0 Å². The van der Waals surface area contributed by atoms with Gasteiger partial charge in [0, 0.05) is 11.9 Å². The number of ether oxygens (including phenoxy) is 2. The van der Waals surface area contributed by atoms with Crippen LogP contribution in [0, 0.1) is 5.82 Å². The lowest BCUT2D eigenvalue weighted by Crippen LogP contribution is -2.24. The number of hydrogen-bond acceptors (Lipinski definition) is 5. The quantitative estimate of drug-likeness (QED) is 0.780. The van der Waals surface area contributed by atoms with Crippen molar-refractivity contribution in [2.45, 2.75) is 6.18 Å². The molecule has 0 unspecified atom stereocenters. The molecular weight excluding hydrogens is 386 g/mol. The first-order chi connectivity index (χ1) is 13.2. The molecule has 1 saturated heterocycles. The van der Waals surface area contributed by atoms with Crippen molar-refractivity contribution in [1.82, 2.24) is 4.98 Å². The molecule has 2 aromatic rings. The third-order valence-corrected chi connectivity index (χ3v) is 3.66. The van der Waals surface area contributed by atoms with Gasteiger partial charge in [0.15, 0.2) is 6.61 Å². The monoisotopic (exact) mass is 399 g/mol. The van der Waals surface area contributed by atoms with E-state index in [4.69, 9.17) is 4.74 Å². The number of alkyl halides is 3. The summed E-state index contributed by atoms with van der Waals surface area (Å²) in [6.07, 6.45) is -4.07. The fraction of sp³-hybridized carbons (Fsp3) is 0.235. The number of rotatable bonds is 5. The summed E-state index contributed by atoms with van der Waals surface area (Å²) in [5.74, 6) is -2.27. The van der Waals surface area contributed by atoms with Crippen LogP contribution in [0.25, 0.3) is 0 Å². The molecule has 1 aromatic carbocycles. The zero-order chi connectivity index (χ0) is 20.3. The molecule has 3 rings (SSSR count). The molecule has 0 atom stereocenters. The maximum Gasteiger partial charge on any atom is 0.422 e. The van der Waals surface area contributed by atoms with E-state index < -0.39 is 36.5 Å². The molecule has 0 radical (unpaired) electrons. The Hall–Kier alpha value is -3.37. The normalized spacial score (nSPS) is 14.0. The Bertz CT molecular complexity index is 904. The van der Waals surface area contributed by atoms with Crippen LogP contribution in [0.3, 0.4) is 0 Å². The summed E-state index contributed by atoms with van der Waals surface area (Å²) in [5, 5.41) is 2.25. The molecule has 1 aliphatic rings. The van der Waals surface area contributed by atoms with E-state index in [1.54, 1.807) is 0 Å². The van der Waals surface area contributed by atoms with Crippen LogP contribution in [0.2, 0.25) is 0 Å². The highest BCUT2D eigenvalue weighted by Crippen LogP contribution is 2.26. The number of carbonyl (C=O) groups is 2. The van der Waals surface area contributed by atoms with Gasteiger partial charge in [0.1, 0.15) is 18.0 Å². The minimum absolute atomic E-state index is 0.174. The lowest BCUT2D eigenvalue weighted by Gasteiger charge is -2.15. The topological polar surface area (TPSA) is 80.8 Å². The Morgan fingerprint density at radius 3 is 2.79 bits per heavy atom. The molecule has 2 heterocycles. The Balaban J connectivity index is 1.81. The molecule has 1 N–H and O–H groups in total. The largest absolute Gasteiger partial charge is 0.467 e. The third kappa shape index (κ3) is 4.48. The van der Waals surface area contributed by atoms with Crippen LogP contribution < -0.4 is 15.0 Å². The highest BCUT2D eigenvalue weighted by atomic mass is 19.4. The molecule has 1 aliphatic heterocycles. The number of hydrogen-bond donors (Lipinski definition) is 1. The van der Waals surface area contributed by atoms with E-state index in [2.05, 4.69) is 15.0 Å². The van der Waals surface area contributed by atoms with Crippen molar-refractivity contribution in [2.75, 3.05) is 30.0 Å². The predicted octanol–water partition coefficient (Wildman–Crippen LogP) is 3.37. The maximum atomic E-state index is 14.1. The molecule has 11 heteroatoms. The fourth-order valence-corrected chi connectivity index (χ4v) is 2.42. The van der Waals surface area contributed by atoms with Gasteiger partial charge in [-0.25, -0.2) is 14.2 Å². The second kappa shape index (κ2) is 7.71. The summed E-state index contributed by atoms with van der Waals surface area (Å²) < 4.78 is 60.5. The van der Waals surface area contributed by atoms with E-state index in [9.17, 15) is 27.2 Å². The SMILES string of the molecule is O=C(Nc1cc(N2CCOC2=O)ccc1F)c1cccnc1OCC(F)(F)F. The summed E-state index contributed by atoms with van der Waals surface area (Å²) in [6, 6.07) is 6.10. The van der Waals surface area contributed by atoms with Gasteiger partial charge in [0.25, 0.3) is 5.91 Å². The molecule has 28 heavy (non-hydrogen) atoms. The van der Waals surface area contributed by atoms with Crippen LogP contribution in [0.5, 0.6) is 5.88 Å². The first-order valence-corrected chi connectivity index (χ1v) is 7.94. The predicted molar refractivity (Wildman–Crippen MR) is 88.8 cm³/mol. The first-order valence-electron chi connectivity index (χ1n) is 7.94. The van der Waals surface area contributed by atoms with Crippen molar-refractivity contribution in [3.8, 4) is 5.88 Å². The van der Waals surface area contributed by atoms with Gasteiger partial charge in [-0.1, -0.05) is 0 Å². The van der Waals surface area contributed by atoms with Gasteiger partial charge in [-0.15, -0.1) is 0 Å². The number of halogens is 4. The van der Waals surface area contributed by atoms with Gasteiger partial charge < -0.3 is 14.8 Å². The summed E-state index contributed by atoms with van der Waals surface area (Å²) >= 11 is 0. The van der Waals surface area contributed by atoms with Crippen LogP contribution in [0.1, 0.15) is 10.4 Å². The lowest BCUT2D eigenvalue weighted by molar-refractivity contribution is -0.154. The molecule has 1 aromatic heterocycles. The standard InChI is InChI=1S/C17H13F4N3O4/c18-12-4-3-10(24-6-7-27-16(24)26)8-13(12)23-14(25)11-2-1-5-22-15(11)28-9-17(19,20)21/h1-5,8H,6-7,9H2,(H,23,25). The zero-order valence-electron chi connectivity index (χ0n) is 14.1. The zero-order valence-corrected chi connectivity index (χ0v) is 14.1. The van der Waals surface area contributed by atoms with Crippen molar-refractivity contribution >= 4 is 23.4 Å². The average Bonchev–Trinajstić information content (AvgIpc) is 3.07. The molecule has 0 bridgehead atoms. The third-order valence-electron chi connectivity index (χ3n) is 3.66. The number of nitrogens with zero attached hydrogens (tertiary/aromatic N) is 2. The Morgan fingerprint density at radius 2 is 2.11 bits per heavy atom. The summed E-state index contributed by atoms with van der Waals surface area (Å²) in [5.41, 5.74) is -0.288. The van der Waals surface area contributed by atoms with Crippen molar-refractivity contribution < 1.29 is 36.6 Å². The number of carbonyl (C=O) groups excluding carboxylic acids is 2. The minimum Gasteiger partial charge on any atom is -0.467 e. The highest BCUT2D eigenvalue weighted by Gasteiger charge is 2.30. The fourth-order valence-electron chi connectivity index (χ4n) is 2.42. The highest BCUT2D eigenvalue weighted by molar-refractivity contribution is 6.06. The van der Waals surface area contributed by atoms with E-state index in [1.807, 2.05) is 0 Å². The van der Waals surface area contributed by atoms with Crippen LogP contribution in [0.15, 0.2) is 36.5 Å². The molecule has 7 nitrogen and oxygen atoms in total. The van der Waals surface area contributed by atoms with Gasteiger partial charge in [0.05, 0.1) is 12.2 Å². The number of nitrogens with one attached hydrogen (secondary N) is 1. The summed E-state index contributed by atoms with van der Waals surface area (Å²) in [6.45, 7) is -1.20. The molecule has 0 saturated carbocycles. The number of pyridine rings is 1. The van der Waals surface area contributed by atoms with Crippen LogP contribution in [-0.2, 0) is 4.74 Å². The summed E-state index contributed by atoms with van der Waals surface area (Å²) in [4.78, 5) is 28.9. The number of cyclic esters (lactones) is 1. The molecular formula is C17H13F4N3O4. The maximum absolute atomic E-state index is 14.1. The van der Waals surface area contributed by atoms with Gasteiger partial charge in [-0.05, 0) is 30.3 Å². The van der Waals surface area contributed by atoms with Gasteiger partial charge in [-0.2, -0.15) is 13.2 Å². The van der Waals surface area contributed by atoms with E-state index in [0.29, 0.717) is 5.69 Å². The Morgan fingerprint density at radius 1 is 1.32 bits per heavy atom. The molecule has 1 fully saturated rings. The van der Waals surface area contributed by atoms with Gasteiger partial charge in [-0.3, -0.25) is 9.69 Å². The Kier molecular flexibility index (Phi) is 5.34. The van der Waals surface area contributed by atoms with Crippen molar-refractivity contribution in [3.63, 3.8) is 0 Å². The van der Waals surface area contributed by atoms with Crippen LogP contribution >= 0.6 is 0 Å². The van der Waals surface area contributed by atoms with Gasteiger partial charge in [0.2, 0.25) is 5.88 Å². The van der Waals surface area contributed by atoms with Crippen molar-refractivity contribution in [3.05, 3.63) is 47.9 Å². The van der Waals surface area contributed by atoms with Crippen molar-refractivity contribution in [1.29, 1.82) is 0 Å². The van der Waals surface area contributed by atoms with E-state index >= 15 is 0 Å². The number of aromatic nitrogens is 1. The second-order valence-electron chi connectivity index (χ2n) is 5.64. The Labute approximate surface area is 155 Å². The van der Waals surface area contributed by atoms with E-state index in [1.165, 1.54) is 29.2 Å². The lowest BCUT2D eigenvalue weighted by atomic mass is 10.2.